The minimum absolute atomic E-state index is 0.0313. The van der Waals surface area contributed by atoms with Gasteiger partial charge in [0.15, 0.2) is 0 Å². The topological polar surface area (TPSA) is 43.3 Å². The predicted octanol–water partition coefficient (Wildman–Crippen LogP) is 3.00. The Morgan fingerprint density at radius 2 is 2.17 bits per heavy atom. The third kappa shape index (κ3) is 2.19. The second kappa shape index (κ2) is 5.10. The molecule has 3 heterocycles. The molecule has 1 aromatic heterocycles. The maximum absolute atomic E-state index is 12.8. The van der Waals surface area contributed by atoms with Crippen LogP contribution in [0, 0.1) is 11.3 Å². The summed E-state index contributed by atoms with van der Waals surface area (Å²) in [6, 6.07) is 8.36. The number of rotatable bonds is 3. The standard InChI is InChI=1S/C19H24N2O2/c1-19(2)16-8-7-15(23-16)17(19)18(22)20-11-12-5-4-6-14-13(12)9-10-21(14)3/h4-6,9-10,15-17H,7-8,11H2,1-3H3,(H,20,22). The average molecular weight is 312 g/mol. The molecule has 1 N–H and O–H groups in total. The summed E-state index contributed by atoms with van der Waals surface area (Å²) in [5, 5.41) is 4.36. The Hall–Kier alpha value is -1.81. The highest BCUT2D eigenvalue weighted by Gasteiger charge is 2.57. The van der Waals surface area contributed by atoms with Gasteiger partial charge in [0, 0.05) is 36.1 Å². The third-order valence-electron chi connectivity index (χ3n) is 5.81. The Morgan fingerprint density at radius 3 is 2.91 bits per heavy atom. The van der Waals surface area contributed by atoms with Crippen molar-refractivity contribution in [3.8, 4) is 0 Å². The minimum atomic E-state index is -0.0637. The Balaban J connectivity index is 1.51. The normalized spacial score (nSPS) is 28.4. The number of aryl methyl sites for hydroxylation is 1. The summed E-state index contributed by atoms with van der Waals surface area (Å²) in [6.07, 6.45) is 4.50. The maximum atomic E-state index is 12.8. The van der Waals surface area contributed by atoms with E-state index in [0.29, 0.717) is 6.54 Å². The van der Waals surface area contributed by atoms with E-state index >= 15 is 0 Å². The number of hydrogen-bond acceptors (Lipinski definition) is 2. The lowest BCUT2D eigenvalue weighted by atomic mass is 9.68. The maximum Gasteiger partial charge on any atom is 0.226 e. The first-order chi connectivity index (χ1) is 11.0. The van der Waals surface area contributed by atoms with Crippen LogP contribution in [0.5, 0.6) is 0 Å². The van der Waals surface area contributed by atoms with Gasteiger partial charge < -0.3 is 14.6 Å². The zero-order chi connectivity index (χ0) is 16.2. The van der Waals surface area contributed by atoms with E-state index in [-0.39, 0.29) is 29.4 Å². The molecule has 0 aliphatic carbocycles. The highest BCUT2D eigenvalue weighted by Crippen LogP contribution is 2.51. The molecule has 3 unspecified atom stereocenters. The fraction of sp³-hybridized carbons (Fsp3) is 0.526. The quantitative estimate of drug-likeness (QED) is 0.947. The predicted molar refractivity (Wildman–Crippen MR) is 89.9 cm³/mol. The van der Waals surface area contributed by atoms with E-state index in [2.05, 4.69) is 54.2 Å². The molecule has 2 aliphatic heterocycles. The van der Waals surface area contributed by atoms with Gasteiger partial charge in [-0.15, -0.1) is 0 Å². The number of benzene rings is 1. The van der Waals surface area contributed by atoms with Crippen molar-refractivity contribution in [2.75, 3.05) is 0 Å². The van der Waals surface area contributed by atoms with Crippen LogP contribution in [0.15, 0.2) is 30.5 Å². The molecule has 3 atom stereocenters. The summed E-state index contributed by atoms with van der Waals surface area (Å²) in [5.74, 6) is 0.103. The van der Waals surface area contributed by atoms with Crippen LogP contribution < -0.4 is 5.32 Å². The van der Waals surface area contributed by atoms with Crippen molar-refractivity contribution < 1.29 is 9.53 Å². The van der Waals surface area contributed by atoms with Crippen LogP contribution in [0.2, 0.25) is 0 Å². The lowest BCUT2D eigenvalue weighted by Crippen LogP contribution is -2.45. The summed E-state index contributed by atoms with van der Waals surface area (Å²) in [4.78, 5) is 12.8. The van der Waals surface area contributed by atoms with E-state index in [0.717, 1.165) is 12.8 Å². The molecule has 4 rings (SSSR count). The lowest BCUT2D eigenvalue weighted by molar-refractivity contribution is -0.129. The van der Waals surface area contributed by atoms with Crippen LogP contribution in [-0.4, -0.2) is 22.7 Å². The number of carbonyl (C=O) groups excluding carboxylic acids is 1. The second-order valence-corrected chi connectivity index (χ2v) is 7.53. The van der Waals surface area contributed by atoms with Gasteiger partial charge in [-0.1, -0.05) is 26.0 Å². The van der Waals surface area contributed by atoms with Crippen molar-refractivity contribution in [1.29, 1.82) is 0 Å². The molecule has 122 valence electrons. The molecule has 2 bridgehead atoms. The van der Waals surface area contributed by atoms with Crippen LogP contribution in [0.25, 0.3) is 10.9 Å². The monoisotopic (exact) mass is 312 g/mol. The molecule has 2 fully saturated rings. The molecule has 0 saturated carbocycles. The molecule has 23 heavy (non-hydrogen) atoms. The van der Waals surface area contributed by atoms with E-state index in [9.17, 15) is 4.79 Å². The fourth-order valence-corrected chi connectivity index (χ4v) is 4.45. The van der Waals surface area contributed by atoms with Crippen LogP contribution >= 0.6 is 0 Å². The molecule has 0 radical (unpaired) electrons. The molecule has 2 aromatic rings. The van der Waals surface area contributed by atoms with Gasteiger partial charge in [-0.25, -0.2) is 0 Å². The first-order valence-corrected chi connectivity index (χ1v) is 8.44. The molecule has 4 nitrogen and oxygen atoms in total. The van der Waals surface area contributed by atoms with E-state index in [1.54, 1.807) is 0 Å². The largest absolute Gasteiger partial charge is 0.374 e. The number of ether oxygens (including phenoxy) is 1. The molecule has 1 aromatic carbocycles. The van der Waals surface area contributed by atoms with E-state index < -0.39 is 0 Å². The van der Waals surface area contributed by atoms with Gasteiger partial charge in [-0.2, -0.15) is 0 Å². The second-order valence-electron chi connectivity index (χ2n) is 7.53. The molecule has 2 aliphatic rings. The van der Waals surface area contributed by atoms with Gasteiger partial charge in [-0.05, 0) is 30.5 Å². The van der Waals surface area contributed by atoms with Crippen molar-refractivity contribution in [2.45, 2.75) is 45.4 Å². The molecule has 1 amide bonds. The van der Waals surface area contributed by atoms with Crippen molar-refractivity contribution in [2.24, 2.45) is 18.4 Å². The number of carbonyl (C=O) groups is 1. The summed E-state index contributed by atoms with van der Waals surface area (Å²) >= 11 is 0. The van der Waals surface area contributed by atoms with E-state index in [1.807, 2.05) is 7.05 Å². The molecule has 2 saturated heterocycles. The molecule has 0 spiro atoms. The summed E-state index contributed by atoms with van der Waals surface area (Å²) in [6.45, 7) is 4.90. The Morgan fingerprint density at radius 1 is 1.35 bits per heavy atom. The summed E-state index contributed by atoms with van der Waals surface area (Å²) in [7, 11) is 2.04. The minimum Gasteiger partial charge on any atom is -0.374 e. The summed E-state index contributed by atoms with van der Waals surface area (Å²) in [5.41, 5.74) is 2.30. The fourth-order valence-electron chi connectivity index (χ4n) is 4.45. The van der Waals surface area contributed by atoms with Crippen LogP contribution in [0.4, 0.5) is 0 Å². The highest BCUT2D eigenvalue weighted by atomic mass is 16.5. The number of amides is 1. The highest BCUT2D eigenvalue weighted by molar-refractivity contribution is 5.85. The van der Waals surface area contributed by atoms with Gasteiger partial charge in [0.05, 0.1) is 18.1 Å². The number of hydrogen-bond donors (Lipinski definition) is 1. The van der Waals surface area contributed by atoms with E-state index in [4.69, 9.17) is 4.74 Å². The number of nitrogens with one attached hydrogen (secondary N) is 1. The van der Waals surface area contributed by atoms with Crippen molar-refractivity contribution >= 4 is 16.8 Å². The van der Waals surface area contributed by atoms with Crippen molar-refractivity contribution in [1.82, 2.24) is 9.88 Å². The average Bonchev–Trinajstić information content (AvgIpc) is 3.19. The first kappa shape index (κ1) is 14.8. The molecule has 4 heteroatoms. The van der Waals surface area contributed by atoms with Crippen LogP contribution in [0.3, 0.4) is 0 Å². The van der Waals surface area contributed by atoms with Crippen molar-refractivity contribution in [3.05, 3.63) is 36.0 Å². The van der Waals surface area contributed by atoms with Gasteiger partial charge in [0.1, 0.15) is 0 Å². The molecular formula is C19H24N2O2. The van der Waals surface area contributed by atoms with Crippen LogP contribution in [-0.2, 0) is 23.1 Å². The Bertz CT molecular complexity index is 762. The Labute approximate surface area is 136 Å². The van der Waals surface area contributed by atoms with Gasteiger partial charge >= 0.3 is 0 Å². The number of aromatic nitrogens is 1. The van der Waals surface area contributed by atoms with Crippen LogP contribution in [0.1, 0.15) is 32.3 Å². The number of fused-ring (bicyclic) bond motifs is 3. The summed E-state index contributed by atoms with van der Waals surface area (Å²) < 4.78 is 8.09. The first-order valence-electron chi connectivity index (χ1n) is 8.44. The Kier molecular flexibility index (Phi) is 3.27. The van der Waals surface area contributed by atoms with Gasteiger partial charge in [0.25, 0.3) is 0 Å². The van der Waals surface area contributed by atoms with Gasteiger partial charge in [0.2, 0.25) is 5.91 Å². The zero-order valence-corrected chi connectivity index (χ0v) is 14.0. The smallest absolute Gasteiger partial charge is 0.226 e. The SMILES string of the molecule is Cn1ccc2c(CNC(=O)C3C4CCC(O4)C3(C)C)cccc21. The van der Waals surface area contributed by atoms with Crippen molar-refractivity contribution in [3.63, 3.8) is 0 Å². The number of nitrogens with zero attached hydrogens (tertiary/aromatic N) is 1. The zero-order valence-electron chi connectivity index (χ0n) is 14.0. The van der Waals surface area contributed by atoms with E-state index in [1.165, 1.54) is 16.5 Å². The van der Waals surface area contributed by atoms with Gasteiger partial charge in [-0.3, -0.25) is 4.79 Å². The molecular weight excluding hydrogens is 288 g/mol. The third-order valence-corrected chi connectivity index (χ3v) is 5.81. The lowest BCUT2D eigenvalue weighted by Gasteiger charge is -2.33.